The molecule has 0 aliphatic carbocycles. The van der Waals surface area contributed by atoms with Gasteiger partial charge in [0.15, 0.2) is 0 Å². The van der Waals surface area contributed by atoms with Gasteiger partial charge in [-0.1, -0.05) is 94.4 Å². The number of thioether (sulfide) groups is 6. The average Bonchev–Trinajstić information content (AvgIpc) is 3.08. The zero-order valence-corrected chi connectivity index (χ0v) is 17.9. The predicted molar refractivity (Wildman–Crippen MR) is 117 cm³/mol. The van der Waals surface area contributed by atoms with Gasteiger partial charge < -0.3 is 0 Å². The van der Waals surface area contributed by atoms with Gasteiger partial charge in [-0.3, -0.25) is 0 Å². The quantitative estimate of drug-likeness (QED) is 0.191. The Kier molecular flexibility index (Phi) is 9.56. The minimum atomic E-state index is 1.24. The van der Waals surface area contributed by atoms with Crippen LogP contribution in [0, 0.1) is 0 Å². The first-order valence-electron chi connectivity index (χ1n) is 6.14. The number of rotatable bonds is 8. The van der Waals surface area contributed by atoms with E-state index in [1.54, 1.807) is 11.8 Å². The molecule has 20 heavy (non-hydrogen) atoms. The largest absolute Gasteiger partial charge is 0.117 e. The minimum Gasteiger partial charge on any atom is -0.117 e. The van der Waals surface area contributed by atoms with Gasteiger partial charge >= 0.3 is 0 Å². The molecule has 2 aliphatic heterocycles. The summed E-state index contributed by atoms with van der Waals surface area (Å²) in [7, 11) is 0. The Morgan fingerprint density at radius 1 is 1.05 bits per heavy atom. The summed E-state index contributed by atoms with van der Waals surface area (Å²) in [4.78, 5) is 0. The Balaban J connectivity index is 1.88. The monoisotopic (exact) mass is 490 g/mol. The molecule has 0 spiro atoms. The molecular weight excluding hydrogens is 475 g/mol. The van der Waals surface area contributed by atoms with Crippen LogP contribution in [0.2, 0.25) is 0 Å². The molecule has 2 heterocycles. The average molecular weight is 491 g/mol. The first kappa shape index (κ1) is 18.1. The molecule has 0 saturated heterocycles. The Morgan fingerprint density at radius 3 is 2.50 bits per heavy atom. The Labute approximate surface area is 160 Å². The molecule has 2 aliphatic rings. The van der Waals surface area contributed by atoms with E-state index < -0.39 is 0 Å². The van der Waals surface area contributed by atoms with Gasteiger partial charge in [-0.2, -0.15) is 0 Å². The van der Waals surface area contributed by atoms with Gasteiger partial charge in [0.1, 0.15) is 0 Å². The summed E-state index contributed by atoms with van der Waals surface area (Å²) in [5, 5.41) is 6.29. The van der Waals surface area contributed by atoms with Crippen LogP contribution in [0.5, 0.6) is 0 Å². The standard InChI is InChI=1S/C13H15IS6/c1-2-15-11-12(16-7-5-3-4-6-14)20-13(19-11)10-17-8-9-18-10/h2,8-9H,1,3-7H2. The maximum atomic E-state index is 3.86. The lowest BCUT2D eigenvalue weighted by atomic mass is 10.3. The second kappa shape index (κ2) is 10.5. The molecule has 0 atom stereocenters. The second-order valence-electron chi connectivity index (χ2n) is 3.74. The van der Waals surface area contributed by atoms with Crippen molar-refractivity contribution in [3.05, 3.63) is 39.8 Å². The molecule has 0 amide bonds. The molecule has 0 radical (unpaired) electrons. The Morgan fingerprint density at radius 2 is 1.80 bits per heavy atom. The van der Waals surface area contributed by atoms with E-state index in [0.717, 1.165) is 0 Å². The number of unbranched alkanes of at least 4 members (excludes halogenated alkanes) is 2. The van der Waals surface area contributed by atoms with Crippen LogP contribution in [-0.4, -0.2) is 10.2 Å². The molecule has 0 aromatic heterocycles. The van der Waals surface area contributed by atoms with E-state index in [1.165, 1.54) is 46.4 Å². The summed E-state index contributed by atoms with van der Waals surface area (Å²) in [5.74, 6) is 1.24. The van der Waals surface area contributed by atoms with E-state index in [4.69, 9.17) is 0 Å². The highest BCUT2D eigenvalue weighted by molar-refractivity contribution is 14.1. The van der Waals surface area contributed by atoms with E-state index in [0.29, 0.717) is 0 Å². The minimum absolute atomic E-state index is 1.24. The highest BCUT2D eigenvalue weighted by atomic mass is 127. The fourth-order valence-corrected chi connectivity index (χ4v) is 9.57. The summed E-state index contributed by atoms with van der Waals surface area (Å²) in [6.07, 6.45) is 4.03. The molecule has 0 N–H and O–H groups in total. The van der Waals surface area contributed by atoms with Crippen LogP contribution in [-0.2, 0) is 0 Å². The smallest absolute Gasteiger partial charge is 0.0717 e. The fourth-order valence-electron chi connectivity index (χ4n) is 1.43. The van der Waals surface area contributed by atoms with Crippen molar-refractivity contribution in [2.24, 2.45) is 0 Å². The van der Waals surface area contributed by atoms with E-state index >= 15 is 0 Å². The molecule has 0 fully saturated rings. The molecule has 0 saturated carbocycles. The third kappa shape index (κ3) is 5.77. The van der Waals surface area contributed by atoms with Gasteiger partial charge in [0.25, 0.3) is 0 Å². The maximum absolute atomic E-state index is 3.86. The highest BCUT2D eigenvalue weighted by Gasteiger charge is 2.25. The maximum Gasteiger partial charge on any atom is 0.0717 e. The number of hydrogen-bond donors (Lipinski definition) is 0. The van der Waals surface area contributed by atoms with Crippen LogP contribution in [0.4, 0.5) is 0 Å². The Hall–Kier alpha value is 1.79. The van der Waals surface area contributed by atoms with E-state index in [-0.39, 0.29) is 0 Å². The van der Waals surface area contributed by atoms with Gasteiger partial charge in [-0.05, 0) is 39.2 Å². The summed E-state index contributed by atoms with van der Waals surface area (Å²) in [6.45, 7) is 3.86. The molecule has 0 unspecified atom stereocenters. The predicted octanol–water partition coefficient (Wildman–Crippen LogP) is 7.89. The number of alkyl halides is 1. The van der Waals surface area contributed by atoms with Crippen molar-refractivity contribution < 1.29 is 0 Å². The normalized spacial score (nSPS) is 18.4. The van der Waals surface area contributed by atoms with Gasteiger partial charge in [0.05, 0.1) is 16.9 Å². The zero-order chi connectivity index (χ0) is 14.2. The third-order valence-corrected chi connectivity index (χ3v) is 11.0. The van der Waals surface area contributed by atoms with Gasteiger partial charge in [-0.15, -0.1) is 11.8 Å². The van der Waals surface area contributed by atoms with Crippen LogP contribution in [0.3, 0.4) is 0 Å². The van der Waals surface area contributed by atoms with Crippen molar-refractivity contribution in [1.29, 1.82) is 0 Å². The first-order chi connectivity index (χ1) is 9.85. The molecule has 0 bridgehead atoms. The second-order valence-corrected chi connectivity index (χ2v) is 11.8. The van der Waals surface area contributed by atoms with Gasteiger partial charge in [0, 0.05) is 0 Å². The van der Waals surface area contributed by atoms with Gasteiger partial charge in [0.2, 0.25) is 0 Å². The van der Waals surface area contributed by atoms with Gasteiger partial charge in [-0.25, -0.2) is 0 Å². The zero-order valence-electron chi connectivity index (χ0n) is 10.8. The van der Waals surface area contributed by atoms with E-state index in [1.807, 2.05) is 64.2 Å². The van der Waals surface area contributed by atoms with E-state index in [2.05, 4.69) is 40.0 Å². The summed E-state index contributed by atoms with van der Waals surface area (Å²) in [5.41, 5.74) is 0. The molecule has 0 nitrogen and oxygen atoms in total. The van der Waals surface area contributed by atoms with Crippen LogP contribution in [0.25, 0.3) is 0 Å². The SMILES string of the molecule is C=CSC1=C(SCCCCCI)SC(=C2SC=CS2)S1. The lowest BCUT2D eigenvalue weighted by molar-refractivity contribution is 0.793. The summed E-state index contributed by atoms with van der Waals surface area (Å²) in [6, 6.07) is 0. The van der Waals surface area contributed by atoms with Crippen LogP contribution in [0.15, 0.2) is 39.8 Å². The van der Waals surface area contributed by atoms with Crippen molar-refractivity contribution in [1.82, 2.24) is 0 Å². The Bertz CT molecular complexity index is 430. The van der Waals surface area contributed by atoms with Crippen LogP contribution >= 0.6 is 93.2 Å². The van der Waals surface area contributed by atoms with Crippen LogP contribution in [0.1, 0.15) is 19.3 Å². The number of hydrogen-bond acceptors (Lipinski definition) is 6. The molecular formula is C13H15IS6. The van der Waals surface area contributed by atoms with Crippen molar-refractivity contribution in [2.45, 2.75) is 19.3 Å². The molecule has 0 aromatic carbocycles. The summed E-state index contributed by atoms with van der Waals surface area (Å²) >= 11 is 13.8. The van der Waals surface area contributed by atoms with Crippen molar-refractivity contribution in [3.8, 4) is 0 Å². The van der Waals surface area contributed by atoms with Crippen molar-refractivity contribution in [3.63, 3.8) is 0 Å². The molecule has 110 valence electrons. The third-order valence-electron chi connectivity index (χ3n) is 2.31. The number of halogens is 1. The van der Waals surface area contributed by atoms with Crippen molar-refractivity contribution in [2.75, 3.05) is 10.2 Å². The highest BCUT2D eigenvalue weighted by Crippen LogP contribution is 2.61. The topological polar surface area (TPSA) is 0 Å². The molecule has 0 aromatic rings. The molecule has 2 rings (SSSR count). The van der Waals surface area contributed by atoms with Crippen molar-refractivity contribution >= 4 is 93.2 Å². The van der Waals surface area contributed by atoms with E-state index in [9.17, 15) is 0 Å². The molecule has 7 heteroatoms. The summed E-state index contributed by atoms with van der Waals surface area (Å²) < 4.78 is 7.06. The van der Waals surface area contributed by atoms with Crippen LogP contribution < -0.4 is 0 Å². The fraction of sp³-hybridized carbons (Fsp3) is 0.385. The first-order valence-corrected chi connectivity index (χ1v) is 12.9. The lowest BCUT2D eigenvalue weighted by Gasteiger charge is -2.03. The lowest BCUT2D eigenvalue weighted by Crippen LogP contribution is -1.82.